The van der Waals surface area contributed by atoms with Gasteiger partial charge in [-0.3, -0.25) is 0 Å². The molecule has 0 radical (unpaired) electrons. The first-order chi connectivity index (χ1) is 72.5. The van der Waals surface area contributed by atoms with Crippen LogP contribution in [-0.2, 0) is 6.42 Å². The van der Waals surface area contributed by atoms with Crippen LogP contribution < -0.4 is 0 Å². The number of nitrogens with zero attached hydrogens (tertiary/aromatic N) is 2. The van der Waals surface area contributed by atoms with Crippen molar-refractivity contribution in [2.75, 3.05) is 0 Å². The molecule has 0 aliphatic rings. The van der Waals surface area contributed by atoms with Gasteiger partial charge in [0, 0.05) is 18.0 Å². The maximum Gasteiger partial charge on any atom is 0.159 e. The van der Waals surface area contributed by atoms with Crippen LogP contribution in [-0.4, -0.2) is 9.97 Å². The Morgan fingerprint density at radius 1 is 0.134 bits per heavy atom. The second-order valence-electron chi connectivity index (χ2n) is 41.3. The Hall–Kier alpha value is -16.5. The molecule has 2 heteroatoms. The van der Waals surface area contributed by atoms with Crippen LogP contribution in [0.1, 0.15) is 136 Å². The zero-order chi connectivity index (χ0) is 103. The standard InChI is InChI=1S/C48H52N2.3C33H28/c1-6-7-8-9-10-11-12-13-16-38-32-49-48(50-33-38)47-30-45(41-19-14-17-39(27-41)43-23-34(2)21-35(3)24-43)29-46(31-47)42-20-15-18-40(28-42)44-25-36(4)22-37(5)26-44;1-23-13-15-26(16-14-23)27-7-4-8-28(20-27)29-9-5-10-30(21-29)31-11-6-12-32(22-31)33-18-24(2)17-25(3)19-33;1-23-10-12-26(13-11-23)29-6-4-7-30(21-29)27-14-16-28(17-15-27)31-8-5-9-32(22-31)33-19-24(2)18-25(3)20-33;1-23-14-16-26(17-15-23)27-8-6-10-29(21-27)32-12-4-5-13-33(32)30-11-7-9-28(22-30)31-19-24(2)18-25(3)20-31/h14-15,17-33H,6-13,16H2,1-5H3;3*4-22H,1-3H3. The number of aryl methyl sites for hydroxylation is 14. The quantitative estimate of drug-likeness (QED) is 0.0505. The summed E-state index contributed by atoms with van der Waals surface area (Å²) >= 11 is 0. The van der Waals surface area contributed by atoms with Gasteiger partial charge in [-0.1, -0.05) is 500 Å². The van der Waals surface area contributed by atoms with Crippen molar-refractivity contribution in [1.82, 2.24) is 9.97 Å². The Balaban J connectivity index is 0.000000132. The van der Waals surface area contributed by atoms with Crippen molar-refractivity contribution in [1.29, 1.82) is 0 Å². The summed E-state index contributed by atoms with van der Waals surface area (Å²) in [6.45, 7) is 30.3. The van der Waals surface area contributed by atoms with Crippen molar-refractivity contribution in [2.45, 2.75) is 155 Å². The second-order valence-corrected chi connectivity index (χ2v) is 41.3. The van der Waals surface area contributed by atoms with Crippen LogP contribution in [0.2, 0.25) is 0 Å². The van der Waals surface area contributed by atoms with E-state index in [1.54, 1.807) is 0 Å². The predicted molar refractivity (Wildman–Crippen MR) is 642 cm³/mol. The van der Waals surface area contributed by atoms with Gasteiger partial charge in [0.15, 0.2) is 5.82 Å². The lowest BCUT2D eigenvalue weighted by molar-refractivity contribution is 0.575. The molecular formula is C147H136N2. The van der Waals surface area contributed by atoms with Gasteiger partial charge in [-0.15, -0.1) is 0 Å². The minimum atomic E-state index is 0.767. The maximum absolute atomic E-state index is 4.93. The molecule has 0 saturated heterocycles. The molecule has 0 atom stereocenters. The summed E-state index contributed by atoms with van der Waals surface area (Å²) in [6.07, 6.45) is 15.7. The summed E-state index contributed by atoms with van der Waals surface area (Å²) in [5.74, 6) is 0.767. The van der Waals surface area contributed by atoms with Crippen molar-refractivity contribution in [2.24, 2.45) is 0 Å². The molecule has 1 aromatic heterocycles. The third kappa shape index (κ3) is 27.2. The van der Waals surface area contributed by atoms with Gasteiger partial charge in [0.05, 0.1) is 0 Å². The van der Waals surface area contributed by atoms with Crippen molar-refractivity contribution >= 4 is 0 Å². The molecule has 0 fully saturated rings. The molecule has 0 saturated carbocycles. The van der Waals surface area contributed by atoms with Gasteiger partial charge in [-0.25, -0.2) is 9.97 Å². The highest BCUT2D eigenvalue weighted by Gasteiger charge is 2.18. The van der Waals surface area contributed by atoms with Crippen molar-refractivity contribution < 1.29 is 0 Å². The highest BCUT2D eigenvalue weighted by Crippen LogP contribution is 2.42. The van der Waals surface area contributed by atoms with Gasteiger partial charge in [0.1, 0.15) is 0 Å². The molecule has 0 bridgehead atoms. The van der Waals surface area contributed by atoms with Crippen molar-refractivity contribution in [3.63, 3.8) is 0 Å². The van der Waals surface area contributed by atoms with E-state index < -0.39 is 0 Å². The van der Waals surface area contributed by atoms with E-state index in [9.17, 15) is 0 Å². The predicted octanol–water partition coefficient (Wildman–Crippen LogP) is 41.6. The summed E-state index contributed by atoms with van der Waals surface area (Å²) in [7, 11) is 0. The molecule has 0 amide bonds. The van der Waals surface area contributed by atoms with E-state index in [2.05, 4.69) is 546 Å². The zero-order valence-electron chi connectivity index (χ0n) is 89.1. The highest BCUT2D eigenvalue weighted by molar-refractivity contribution is 5.90. The number of hydrogen-bond donors (Lipinski definition) is 0. The van der Waals surface area contributed by atoms with Crippen LogP contribution in [0.5, 0.6) is 0 Å². The fraction of sp³-hybridized carbons (Fsp3) is 0.156. The third-order valence-corrected chi connectivity index (χ3v) is 28.3. The summed E-state index contributed by atoms with van der Waals surface area (Å²) in [5, 5.41) is 0. The van der Waals surface area contributed by atoms with E-state index in [1.807, 2.05) is 12.4 Å². The lowest BCUT2D eigenvalue weighted by Gasteiger charge is -2.13. The Morgan fingerprint density at radius 2 is 0.309 bits per heavy atom. The number of rotatable bonds is 26. The zero-order valence-corrected chi connectivity index (χ0v) is 89.1. The number of hydrogen-bond acceptors (Lipinski definition) is 2. The summed E-state index contributed by atoms with van der Waals surface area (Å²) in [5.41, 5.74) is 58.6. The van der Waals surface area contributed by atoms with E-state index in [0.29, 0.717) is 0 Å². The van der Waals surface area contributed by atoms with Crippen LogP contribution in [0.3, 0.4) is 0 Å². The Labute approximate surface area is 886 Å². The molecule has 20 aromatic carbocycles. The lowest BCUT2D eigenvalue weighted by Crippen LogP contribution is -1.95. The van der Waals surface area contributed by atoms with Crippen LogP contribution >= 0.6 is 0 Å². The summed E-state index contributed by atoms with van der Waals surface area (Å²) in [4.78, 5) is 9.85. The molecular weight excluding hydrogens is 1790 g/mol. The molecule has 0 unspecified atom stereocenters. The molecule has 21 rings (SSSR count). The maximum atomic E-state index is 4.93. The first-order valence-corrected chi connectivity index (χ1v) is 53.2. The number of unbranched alkanes of at least 4 members (excludes halogenated alkanes) is 7. The molecule has 734 valence electrons. The summed E-state index contributed by atoms with van der Waals surface area (Å²) in [6, 6.07) is 164. The minimum absolute atomic E-state index is 0.767. The van der Waals surface area contributed by atoms with E-state index in [4.69, 9.17) is 9.97 Å². The topological polar surface area (TPSA) is 25.8 Å². The smallest absolute Gasteiger partial charge is 0.159 e. The van der Waals surface area contributed by atoms with Crippen LogP contribution in [0, 0.1) is 90.0 Å². The van der Waals surface area contributed by atoms with Crippen LogP contribution in [0.4, 0.5) is 0 Å². The second kappa shape index (κ2) is 48.7. The van der Waals surface area contributed by atoms with Gasteiger partial charge < -0.3 is 0 Å². The monoisotopic (exact) mass is 1930 g/mol. The van der Waals surface area contributed by atoms with Gasteiger partial charge in [-0.05, 0) is 359 Å². The van der Waals surface area contributed by atoms with E-state index in [1.165, 1.54) is 296 Å². The third-order valence-electron chi connectivity index (χ3n) is 28.3. The van der Waals surface area contributed by atoms with Gasteiger partial charge in [0.25, 0.3) is 0 Å². The van der Waals surface area contributed by atoms with E-state index >= 15 is 0 Å². The molecule has 2 nitrogen and oxygen atoms in total. The largest absolute Gasteiger partial charge is 0.236 e. The van der Waals surface area contributed by atoms with Gasteiger partial charge in [-0.2, -0.15) is 0 Å². The van der Waals surface area contributed by atoms with Crippen molar-refractivity contribution in [3.05, 3.63) is 539 Å². The molecule has 0 spiro atoms. The minimum Gasteiger partial charge on any atom is -0.236 e. The van der Waals surface area contributed by atoms with Gasteiger partial charge in [0.2, 0.25) is 0 Å². The van der Waals surface area contributed by atoms with Crippen LogP contribution in [0.25, 0.3) is 189 Å². The van der Waals surface area contributed by atoms with E-state index in [0.717, 1.165) is 28.9 Å². The Morgan fingerprint density at radius 3 is 0.544 bits per heavy atom. The van der Waals surface area contributed by atoms with Gasteiger partial charge >= 0.3 is 0 Å². The lowest BCUT2D eigenvalue weighted by atomic mass is 9.91. The highest BCUT2D eigenvalue weighted by atomic mass is 14.9. The molecule has 0 aliphatic heterocycles. The number of aromatic nitrogens is 2. The Bertz CT molecular complexity index is 7990. The number of benzene rings is 20. The molecule has 21 aromatic rings. The SMILES string of the molecule is CCCCCCCCCCc1cnc(-c2cc(-c3cccc(-c4cc(C)cc(C)c4)c3)cc(-c3cccc(-c4cc(C)cc(C)c4)c3)c2)nc1.Cc1ccc(-c2cccc(-c3ccc(-c4cccc(-c5cc(C)cc(C)c5)c4)cc3)c2)cc1.Cc1ccc(-c2cccc(-c3cccc(-c4cccc(-c5cc(C)cc(C)c5)c4)c3)c2)cc1.Cc1ccc(-c2cccc(-c3ccccc3-c3cccc(-c4cc(C)cc(C)c4)c3)c2)cc1. The first-order valence-electron chi connectivity index (χ1n) is 53.2. The fourth-order valence-corrected chi connectivity index (χ4v) is 20.9. The molecule has 149 heavy (non-hydrogen) atoms. The normalized spacial score (nSPS) is 11.0. The fourth-order valence-electron chi connectivity index (χ4n) is 20.9. The average Bonchev–Trinajstić information content (AvgIpc) is 0.791. The molecule has 1 heterocycles. The average molecular weight is 1930 g/mol. The molecule has 0 aliphatic carbocycles. The van der Waals surface area contributed by atoms with Crippen LogP contribution in [0.15, 0.2) is 461 Å². The summed E-state index contributed by atoms with van der Waals surface area (Å²) < 4.78 is 0. The molecule has 0 N–H and O–H groups in total. The Kier molecular flexibility index (Phi) is 33.5. The van der Waals surface area contributed by atoms with Crippen molar-refractivity contribution in [3.8, 4) is 189 Å². The van der Waals surface area contributed by atoms with E-state index in [-0.39, 0.29) is 0 Å². The first kappa shape index (κ1) is 102.